The molecule has 0 atom stereocenters. The van der Waals surface area contributed by atoms with Crippen LogP contribution in [0.2, 0.25) is 0 Å². The van der Waals surface area contributed by atoms with E-state index in [0.717, 1.165) is 22.6 Å². The highest BCUT2D eigenvalue weighted by Crippen LogP contribution is 2.25. The molecule has 6 heteroatoms. The number of aromatic nitrogens is 1. The molecule has 1 aliphatic heterocycles. The Labute approximate surface area is 170 Å². The van der Waals surface area contributed by atoms with E-state index in [4.69, 9.17) is 12.2 Å². The largest absolute Gasteiger partial charge is 0.318 e. The van der Waals surface area contributed by atoms with Crippen LogP contribution in [0.1, 0.15) is 28.1 Å². The molecule has 1 N–H and O–H groups in total. The smallest absolute Gasteiger partial charge is 0.265 e. The van der Waals surface area contributed by atoms with E-state index in [1.807, 2.05) is 19.9 Å². The molecule has 28 heavy (non-hydrogen) atoms. The summed E-state index contributed by atoms with van der Waals surface area (Å²) in [6, 6.07) is 8.34. The Balaban J connectivity index is 2.07. The van der Waals surface area contributed by atoms with Crippen molar-refractivity contribution in [3.05, 3.63) is 70.6 Å². The summed E-state index contributed by atoms with van der Waals surface area (Å²) in [7, 11) is 0. The summed E-state index contributed by atoms with van der Waals surface area (Å²) >= 11 is 5.10. The van der Waals surface area contributed by atoms with E-state index in [9.17, 15) is 9.59 Å². The number of hydrogen-bond donors (Lipinski definition) is 1. The lowest BCUT2D eigenvalue weighted by Crippen LogP contribution is -2.53. The fourth-order valence-electron chi connectivity index (χ4n) is 3.56. The topological polar surface area (TPSA) is 54.3 Å². The lowest BCUT2D eigenvalue weighted by molar-refractivity contribution is -0.128. The molecule has 3 rings (SSSR count). The van der Waals surface area contributed by atoms with E-state index in [1.165, 1.54) is 16.0 Å². The van der Waals surface area contributed by atoms with Gasteiger partial charge in [-0.2, -0.15) is 0 Å². The van der Waals surface area contributed by atoms with Crippen molar-refractivity contribution in [3.63, 3.8) is 0 Å². The second kappa shape index (κ2) is 7.56. The van der Waals surface area contributed by atoms with Crippen LogP contribution in [0, 0.1) is 27.7 Å². The van der Waals surface area contributed by atoms with Crippen molar-refractivity contribution in [1.29, 1.82) is 0 Å². The lowest BCUT2D eigenvalue weighted by Gasteiger charge is -2.27. The molecule has 0 aliphatic carbocycles. The first kappa shape index (κ1) is 19.8. The molecule has 0 saturated carbocycles. The third kappa shape index (κ3) is 3.55. The van der Waals surface area contributed by atoms with Crippen LogP contribution in [0.15, 0.2) is 42.5 Å². The monoisotopic (exact) mass is 393 g/mol. The van der Waals surface area contributed by atoms with Crippen LogP contribution in [0.5, 0.6) is 0 Å². The van der Waals surface area contributed by atoms with E-state index in [-0.39, 0.29) is 17.2 Å². The predicted octanol–water partition coefficient (Wildman–Crippen LogP) is 3.52. The summed E-state index contributed by atoms with van der Waals surface area (Å²) in [6.45, 7) is 12.0. The summed E-state index contributed by atoms with van der Waals surface area (Å²) in [4.78, 5) is 26.5. The number of benzene rings is 1. The molecule has 5 nitrogen and oxygen atoms in total. The van der Waals surface area contributed by atoms with Crippen LogP contribution >= 0.6 is 12.2 Å². The molecule has 1 aromatic carbocycles. The zero-order valence-corrected chi connectivity index (χ0v) is 17.3. The van der Waals surface area contributed by atoms with Gasteiger partial charge in [0.05, 0.1) is 0 Å². The molecule has 1 saturated heterocycles. The van der Waals surface area contributed by atoms with E-state index in [2.05, 4.69) is 48.5 Å². The standard InChI is InChI=1S/C22H23N3O2S/c1-6-7-24-21(27)19(20(26)23-22(24)28)12-17-11-15(4)25(16(17)5)18-9-13(2)8-14(3)10-18/h6,8-12H,1,7H2,2-5H3,(H,23,26,28)/b19-12-. The number of amides is 2. The van der Waals surface area contributed by atoms with Gasteiger partial charge in [-0.15, -0.1) is 6.58 Å². The lowest BCUT2D eigenvalue weighted by atomic mass is 10.1. The number of rotatable bonds is 4. The molecule has 2 aromatic rings. The molecule has 0 bridgehead atoms. The van der Waals surface area contributed by atoms with Gasteiger partial charge in [0.1, 0.15) is 5.57 Å². The van der Waals surface area contributed by atoms with E-state index in [0.29, 0.717) is 0 Å². The molecule has 0 radical (unpaired) electrons. The van der Waals surface area contributed by atoms with Crippen LogP contribution in [-0.2, 0) is 9.59 Å². The molecule has 2 amide bonds. The number of hydrogen-bond acceptors (Lipinski definition) is 3. The van der Waals surface area contributed by atoms with Crippen molar-refractivity contribution in [1.82, 2.24) is 14.8 Å². The van der Waals surface area contributed by atoms with Gasteiger partial charge in [-0.1, -0.05) is 12.1 Å². The van der Waals surface area contributed by atoms with Crippen LogP contribution in [-0.4, -0.2) is 32.9 Å². The Kier molecular flexibility index (Phi) is 5.34. The SMILES string of the molecule is C=CCN1C(=O)/C(=C\c2cc(C)n(-c3cc(C)cc(C)c3)c2C)C(=O)NC1=S. The van der Waals surface area contributed by atoms with Crippen molar-refractivity contribution in [3.8, 4) is 5.69 Å². The number of nitrogens with zero attached hydrogens (tertiary/aromatic N) is 2. The van der Waals surface area contributed by atoms with Crippen molar-refractivity contribution in [2.45, 2.75) is 27.7 Å². The Morgan fingerprint density at radius 2 is 1.71 bits per heavy atom. The molecule has 1 aromatic heterocycles. The highest BCUT2D eigenvalue weighted by atomic mass is 32.1. The van der Waals surface area contributed by atoms with Crippen molar-refractivity contribution in [2.24, 2.45) is 0 Å². The van der Waals surface area contributed by atoms with Gasteiger partial charge in [0.15, 0.2) is 5.11 Å². The molecule has 0 spiro atoms. The summed E-state index contributed by atoms with van der Waals surface area (Å²) in [6.07, 6.45) is 3.21. The normalized spacial score (nSPS) is 15.9. The van der Waals surface area contributed by atoms with Gasteiger partial charge in [-0.05, 0) is 80.9 Å². The van der Waals surface area contributed by atoms with E-state index in [1.54, 1.807) is 12.2 Å². The minimum absolute atomic E-state index is 0.0659. The molecule has 0 unspecified atom stereocenters. The van der Waals surface area contributed by atoms with Crippen LogP contribution < -0.4 is 5.32 Å². The van der Waals surface area contributed by atoms with Gasteiger partial charge in [-0.25, -0.2) is 0 Å². The fourth-order valence-corrected chi connectivity index (χ4v) is 3.81. The zero-order chi connectivity index (χ0) is 20.6. The Hall–Kier alpha value is -2.99. The van der Waals surface area contributed by atoms with Gasteiger partial charge in [0.25, 0.3) is 11.8 Å². The number of thiocarbonyl (C=S) groups is 1. The minimum Gasteiger partial charge on any atom is -0.318 e. The predicted molar refractivity (Wildman–Crippen MR) is 115 cm³/mol. The first-order valence-corrected chi connectivity index (χ1v) is 9.41. The molecule has 1 aliphatic rings. The maximum Gasteiger partial charge on any atom is 0.265 e. The molecular weight excluding hydrogens is 370 g/mol. The highest BCUT2D eigenvalue weighted by Gasteiger charge is 2.32. The zero-order valence-electron chi connectivity index (χ0n) is 16.5. The molecular formula is C22H23N3O2S. The number of carbonyl (C=O) groups is 2. The van der Waals surface area contributed by atoms with Gasteiger partial charge in [-0.3, -0.25) is 19.8 Å². The first-order chi connectivity index (χ1) is 13.2. The Bertz CT molecular complexity index is 1030. The van der Waals surface area contributed by atoms with E-state index >= 15 is 0 Å². The summed E-state index contributed by atoms with van der Waals surface area (Å²) in [5.41, 5.74) is 6.29. The van der Waals surface area contributed by atoms with E-state index < -0.39 is 11.8 Å². The Morgan fingerprint density at radius 1 is 1.07 bits per heavy atom. The summed E-state index contributed by atoms with van der Waals surface area (Å²) in [5.74, 6) is -0.892. The van der Waals surface area contributed by atoms with Crippen LogP contribution in [0.4, 0.5) is 0 Å². The average Bonchev–Trinajstić information content (AvgIpc) is 2.88. The molecule has 2 heterocycles. The second-order valence-corrected chi connectivity index (χ2v) is 7.42. The second-order valence-electron chi connectivity index (χ2n) is 7.03. The average molecular weight is 394 g/mol. The maximum absolute atomic E-state index is 12.8. The highest BCUT2D eigenvalue weighted by molar-refractivity contribution is 7.80. The van der Waals surface area contributed by atoms with Crippen molar-refractivity contribution < 1.29 is 9.59 Å². The fraction of sp³-hybridized carbons (Fsp3) is 0.227. The number of carbonyl (C=O) groups excluding carboxylic acids is 2. The minimum atomic E-state index is -0.480. The molecule has 1 fully saturated rings. The third-order valence-corrected chi connectivity index (χ3v) is 5.05. The van der Waals surface area contributed by atoms with Crippen molar-refractivity contribution in [2.75, 3.05) is 6.54 Å². The van der Waals surface area contributed by atoms with Gasteiger partial charge < -0.3 is 4.57 Å². The first-order valence-electron chi connectivity index (χ1n) is 9.00. The van der Waals surface area contributed by atoms with Gasteiger partial charge in [0, 0.05) is 23.6 Å². The molecule has 144 valence electrons. The third-order valence-electron chi connectivity index (χ3n) is 4.73. The van der Waals surface area contributed by atoms with Crippen LogP contribution in [0.3, 0.4) is 0 Å². The maximum atomic E-state index is 12.8. The number of nitrogens with one attached hydrogen (secondary N) is 1. The summed E-state index contributed by atoms with van der Waals surface area (Å²) < 4.78 is 2.13. The Morgan fingerprint density at radius 3 is 2.32 bits per heavy atom. The summed E-state index contributed by atoms with van der Waals surface area (Å²) in [5, 5.41) is 2.68. The van der Waals surface area contributed by atoms with Gasteiger partial charge >= 0.3 is 0 Å². The quantitative estimate of drug-likeness (QED) is 0.374. The van der Waals surface area contributed by atoms with Crippen LogP contribution in [0.25, 0.3) is 11.8 Å². The van der Waals surface area contributed by atoms with Gasteiger partial charge in [0.2, 0.25) is 0 Å². The number of aryl methyl sites for hydroxylation is 3. The van der Waals surface area contributed by atoms with Crippen molar-refractivity contribution >= 4 is 35.2 Å².